The number of alkyl halides is 3. The highest BCUT2D eigenvalue weighted by Gasteiger charge is 2.24. The number of hydrogen-bond donors (Lipinski definition) is 0. The lowest BCUT2D eigenvalue weighted by atomic mass is 10.4. The van der Waals surface area contributed by atoms with E-state index in [1.807, 2.05) is 0 Å². The van der Waals surface area contributed by atoms with Gasteiger partial charge in [0.15, 0.2) is 0 Å². The summed E-state index contributed by atoms with van der Waals surface area (Å²) in [5.41, 5.74) is 0. The Bertz CT molecular complexity index is 209. The van der Waals surface area contributed by atoms with Crippen molar-refractivity contribution >= 4 is 5.91 Å². The van der Waals surface area contributed by atoms with Crippen LogP contribution in [0.4, 0.5) is 13.2 Å². The normalized spacial score (nSPS) is 19.6. The van der Waals surface area contributed by atoms with Gasteiger partial charge in [-0.2, -0.15) is 13.2 Å². The van der Waals surface area contributed by atoms with Crippen LogP contribution in [0, 0.1) is 0 Å². The van der Waals surface area contributed by atoms with Gasteiger partial charge >= 0.3 is 6.18 Å². The molecule has 0 saturated carbocycles. The van der Waals surface area contributed by atoms with E-state index in [1.165, 1.54) is 0 Å². The first-order valence-corrected chi connectivity index (χ1v) is 3.54. The van der Waals surface area contributed by atoms with Crippen LogP contribution in [0.3, 0.4) is 0 Å². The third-order valence-electron chi connectivity index (χ3n) is 1.55. The summed E-state index contributed by atoms with van der Waals surface area (Å²) in [4.78, 5) is 11.9. The molecule has 68 valence electrons. The van der Waals surface area contributed by atoms with E-state index in [0.717, 1.165) is 11.1 Å². The molecule has 2 nitrogen and oxygen atoms in total. The number of carbonyl (C=O) groups is 1. The standard InChI is InChI=1S/C7H8F3NO/c8-7(9,10)3-5-11-4-1-2-6(11)12/h3,5H,1-2,4H2/b5-3+. The number of nitrogens with zero attached hydrogens (tertiary/aromatic N) is 1. The topological polar surface area (TPSA) is 20.3 Å². The van der Waals surface area contributed by atoms with Crippen molar-refractivity contribution in [2.24, 2.45) is 0 Å². The van der Waals surface area contributed by atoms with Gasteiger partial charge in [0.1, 0.15) is 0 Å². The van der Waals surface area contributed by atoms with Crippen LogP contribution in [0.5, 0.6) is 0 Å². The van der Waals surface area contributed by atoms with E-state index in [1.54, 1.807) is 0 Å². The Morgan fingerprint density at radius 2 is 2.08 bits per heavy atom. The van der Waals surface area contributed by atoms with E-state index in [2.05, 4.69) is 0 Å². The van der Waals surface area contributed by atoms with Gasteiger partial charge in [-0.05, 0) is 6.42 Å². The number of rotatable bonds is 1. The Morgan fingerprint density at radius 1 is 1.42 bits per heavy atom. The molecule has 1 fully saturated rings. The third-order valence-corrected chi connectivity index (χ3v) is 1.55. The minimum atomic E-state index is -4.33. The molecule has 0 unspecified atom stereocenters. The number of carbonyl (C=O) groups excluding carboxylic acids is 1. The van der Waals surface area contributed by atoms with Crippen molar-refractivity contribution in [3.05, 3.63) is 12.3 Å². The zero-order valence-electron chi connectivity index (χ0n) is 6.27. The predicted octanol–water partition coefficient (Wildman–Crippen LogP) is 1.68. The van der Waals surface area contributed by atoms with Crippen LogP contribution in [0.1, 0.15) is 12.8 Å². The van der Waals surface area contributed by atoms with Gasteiger partial charge in [0, 0.05) is 25.2 Å². The van der Waals surface area contributed by atoms with Crippen molar-refractivity contribution in [3.63, 3.8) is 0 Å². The second kappa shape index (κ2) is 3.16. The van der Waals surface area contributed by atoms with Gasteiger partial charge in [0.05, 0.1) is 0 Å². The van der Waals surface area contributed by atoms with Gasteiger partial charge in [0.25, 0.3) is 0 Å². The second-order valence-electron chi connectivity index (χ2n) is 2.55. The Kier molecular flexibility index (Phi) is 2.40. The molecule has 1 heterocycles. The van der Waals surface area contributed by atoms with Gasteiger partial charge in [0.2, 0.25) is 5.91 Å². The van der Waals surface area contributed by atoms with Crippen LogP contribution >= 0.6 is 0 Å². The first-order valence-electron chi connectivity index (χ1n) is 3.54. The SMILES string of the molecule is O=C1CCCN1/C=C/C(F)(F)F. The molecule has 1 saturated heterocycles. The van der Waals surface area contributed by atoms with Gasteiger partial charge in [-0.15, -0.1) is 0 Å². The average Bonchev–Trinajstić information content (AvgIpc) is 2.29. The van der Waals surface area contributed by atoms with E-state index in [4.69, 9.17) is 0 Å². The van der Waals surface area contributed by atoms with Crippen molar-refractivity contribution in [2.75, 3.05) is 6.54 Å². The Labute approximate surface area is 67.7 Å². The van der Waals surface area contributed by atoms with Crippen LogP contribution in [-0.4, -0.2) is 23.5 Å². The highest BCUT2D eigenvalue weighted by molar-refractivity contribution is 5.79. The molecule has 0 radical (unpaired) electrons. The lowest BCUT2D eigenvalue weighted by Crippen LogP contribution is -2.18. The predicted molar refractivity (Wildman–Crippen MR) is 36.1 cm³/mol. The van der Waals surface area contributed by atoms with Crippen molar-refractivity contribution in [3.8, 4) is 0 Å². The molecule has 0 N–H and O–H groups in total. The zero-order chi connectivity index (χ0) is 9.19. The molecule has 0 aromatic rings. The first-order chi connectivity index (χ1) is 5.49. The second-order valence-corrected chi connectivity index (χ2v) is 2.55. The molecule has 0 atom stereocenters. The molecule has 1 aliphatic rings. The van der Waals surface area contributed by atoms with Crippen LogP contribution < -0.4 is 0 Å². The summed E-state index contributed by atoms with van der Waals surface area (Å²) < 4.78 is 34.8. The molecule has 5 heteroatoms. The number of amides is 1. The maximum Gasteiger partial charge on any atom is 0.411 e. The molecular weight excluding hydrogens is 171 g/mol. The number of halogens is 3. The fourth-order valence-electron chi connectivity index (χ4n) is 1.00. The van der Waals surface area contributed by atoms with Crippen molar-refractivity contribution < 1.29 is 18.0 Å². The lowest BCUT2D eigenvalue weighted by molar-refractivity contribution is -0.125. The van der Waals surface area contributed by atoms with Gasteiger partial charge < -0.3 is 4.90 Å². The maximum atomic E-state index is 11.6. The van der Waals surface area contributed by atoms with Crippen LogP contribution in [-0.2, 0) is 4.79 Å². The molecular formula is C7H8F3NO. The van der Waals surface area contributed by atoms with Crippen molar-refractivity contribution in [1.82, 2.24) is 4.90 Å². The molecule has 0 aromatic carbocycles. The van der Waals surface area contributed by atoms with E-state index in [-0.39, 0.29) is 12.0 Å². The third kappa shape index (κ3) is 2.56. The Hall–Kier alpha value is -1.00. The number of likely N-dealkylation sites (tertiary alicyclic amines) is 1. The Morgan fingerprint density at radius 3 is 2.50 bits per heavy atom. The molecule has 0 bridgehead atoms. The highest BCUT2D eigenvalue weighted by Crippen LogP contribution is 2.18. The summed E-state index contributed by atoms with van der Waals surface area (Å²) in [6, 6.07) is 0. The van der Waals surface area contributed by atoms with Crippen LogP contribution in [0.15, 0.2) is 12.3 Å². The average molecular weight is 179 g/mol. The lowest BCUT2D eigenvalue weighted by Gasteiger charge is -2.08. The van der Waals surface area contributed by atoms with Crippen molar-refractivity contribution in [1.29, 1.82) is 0 Å². The molecule has 12 heavy (non-hydrogen) atoms. The van der Waals surface area contributed by atoms with Crippen molar-refractivity contribution in [2.45, 2.75) is 19.0 Å². The monoisotopic (exact) mass is 179 g/mol. The largest absolute Gasteiger partial charge is 0.411 e. The summed E-state index contributed by atoms with van der Waals surface area (Å²) in [6.45, 7) is 0.394. The Balaban J connectivity index is 2.51. The summed E-state index contributed by atoms with van der Waals surface area (Å²) in [6.07, 6.45) is -2.46. The summed E-state index contributed by atoms with van der Waals surface area (Å²) in [5.74, 6) is -0.240. The van der Waals surface area contributed by atoms with Gasteiger partial charge in [-0.3, -0.25) is 4.79 Å². The summed E-state index contributed by atoms with van der Waals surface area (Å²) in [7, 11) is 0. The minimum absolute atomic E-state index is 0.0796. The fraction of sp³-hybridized carbons (Fsp3) is 0.571. The summed E-state index contributed by atoms with van der Waals surface area (Å²) in [5, 5.41) is 0. The molecule has 0 aromatic heterocycles. The highest BCUT2D eigenvalue weighted by atomic mass is 19.4. The number of allylic oxidation sites excluding steroid dienone is 1. The maximum absolute atomic E-state index is 11.6. The zero-order valence-corrected chi connectivity index (χ0v) is 6.27. The van der Waals surface area contributed by atoms with Gasteiger partial charge in [-0.25, -0.2) is 0 Å². The first kappa shape index (κ1) is 9.09. The van der Waals surface area contributed by atoms with E-state index in [0.29, 0.717) is 19.4 Å². The quantitative estimate of drug-likeness (QED) is 0.599. The van der Waals surface area contributed by atoms with E-state index < -0.39 is 6.18 Å². The molecule has 1 amide bonds. The van der Waals surface area contributed by atoms with Crippen LogP contribution in [0.2, 0.25) is 0 Å². The smallest absolute Gasteiger partial charge is 0.319 e. The molecule has 1 aliphatic heterocycles. The van der Waals surface area contributed by atoms with Gasteiger partial charge in [-0.1, -0.05) is 0 Å². The minimum Gasteiger partial charge on any atom is -0.319 e. The molecule has 1 rings (SSSR count). The molecule has 0 aliphatic carbocycles. The molecule has 0 spiro atoms. The number of hydrogen-bond acceptors (Lipinski definition) is 1. The van der Waals surface area contributed by atoms with E-state index in [9.17, 15) is 18.0 Å². The fourth-order valence-corrected chi connectivity index (χ4v) is 1.00. The van der Waals surface area contributed by atoms with E-state index >= 15 is 0 Å². The van der Waals surface area contributed by atoms with Crippen LogP contribution in [0.25, 0.3) is 0 Å². The summed E-state index contributed by atoms with van der Waals surface area (Å²) >= 11 is 0.